The molecule has 0 spiro atoms. The number of benzene rings is 3. The molecule has 43 heavy (non-hydrogen) atoms. The minimum absolute atomic E-state index is 0.145. The molecule has 4 bridgehead atoms. The van der Waals surface area contributed by atoms with Gasteiger partial charge in [-0.25, -0.2) is 0 Å². The molecule has 5 atom stereocenters. The van der Waals surface area contributed by atoms with Crippen LogP contribution in [0.4, 0.5) is 0 Å². The normalized spacial score (nSPS) is 36.4. The topological polar surface area (TPSA) is 55.4 Å². The summed E-state index contributed by atoms with van der Waals surface area (Å²) in [5.74, 6) is 2.30. The van der Waals surface area contributed by atoms with Crippen molar-refractivity contribution >= 4 is 12.6 Å². The van der Waals surface area contributed by atoms with E-state index in [9.17, 15) is 0 Å². The number of ether oxygens (including phenoxy) is 4. The van der Waals surface area contributed by atoms with Crippen LogP contribution in [0.2, 0.25) is 0 Å². The second-order valence-corrected chi connectivity index (χ2v) is 13.5. The Kier molecular flexibility index (Phi) is 7.89. The van der Waals surface area contributed by atoms with Crippen LogP contribution in [0.15, 0.2) is 91.0 Å². The fraction of sp³-hybridized carbons (Fsp3) is 0.500. The molecule has 4 aliphatic carbocycles. The lowest BCUT2D eigenvalue weighted by Gasteiger charge is -2.58. The molecule has 6 nitrogen and oxygen atoms in total. The van der Waals surface area contributed by atoms with E-state index >= 15 is 0 Å². The summed E-state index contributed by atoms with van der Waals surface area (Å²) in [7, 11) is -0.496. The van der Waals surface area contributed by atoms with Crippen molar-refractivity contribution in [3.05, 3.63) is 102 Å². The Morgan fingerprint density at radius 1 is 0.674 bits per heavy atom. The van der Waals surface area contributed by atoms with Gasteiger partial charge in [0.05, 0.1) is 25.4 Å². The molecular formula is C36H41BO6. The summed E-state index contributed by atoms with van der Waals surface area (Å²) in [4.78, 5) is 0. The average Bonchev–Trinajstić information content (AvgIpc) is 3.03. The molecule has 7 heteroatoms. The molecule has 9 rings (SSSR count). The zero-order valence-corrected chi connectivity index (χ0v) is 24.7. The first-order valence-corrected chi connectivity index (χ1v) is 16.2. The van der Waals surface area contributed by atoms with Crippen LogP contribution in [-0.4, -0.2) is 50.0 Å². The first-order chi connectivity index (χ1) is 21.2. The van der Waals surface area contributed by atoms with E-state index in [2.05, 4.69) is 24.3 Å². The van der Waals surface area contributed by atoms with Crippen LogP contribution in [0.1, 0.15) is 49.7 Å². The van der Waals surface area contributed by atoms with E-state index in [1.54, 1.807) is 0 Å². The molecule has 224 valence electrons. The van der Waals surface area contributed by atoms with Gasteiger partial charge in [-0.1, -0.05) is 91.0 Å². The molecule has 3 aromatic carbocycles. The first-order valence-electron chi connectivity index (χ1n) is 16.2. The van der Waals surface area contributed by atoms with Gasteiger partial charge in [0.15, 0.2) is 6.29 Å². The van der Waals surface area contributed by atoms with E-state index in [1.165, 1.54) is 19.3 Å². The number of hydrogen-bond acceptors (Lipinski definition) is 6. The summed E-state index contributed by atoms with van der Waals surface area (Å²) in [5.41, 5.74) is 3.05. The van der Waals surface area contributed by atoms with Crippen molar-refractivity contribution in [2.24, 2.45) is 17.8 Å². The Bertz CT molecular complexity index is 1300. The van der Waals surface area contributed by atoms with Gasteiger partial charge in [-0.15, -0.1) is 0 Å². The molecule has 0 aromatic heterocycles. The van der Waals surface area contributed by atoms with E-state index < -0.39 is 25.6 Å². The molecule has 2 aliphatic heterocycles. The fourth-order valence-electron chi connectivity index (χ4n) is 8.74. The lowest BCUT2D eigenvalue weighted by molar-refractivity contribution is -0.356. The number of hydrogen-bond donors (Lipinski definition) is 0. The predicted molar refractivity (Wildman–Crippen MR) is 163 cm³/mol. The van der Waals surface area contributed by atoms with Gasteiger partial charge in [-0.3, -0.25) is 0 Å². The highest BCUT2D eigenvalue weighted by atomic mass is 16.7. The second kappa shape index (κ2) is 12.1. The molecule has 0 N–H and O–H groups in total. The van der Waals surface area contributed by atoms with Crippen molar-refractivity contribution in [1.82, 2.24) is 0 Å². The van der Waals surface area contributed by atoms with Crippen LogP contribution in [0.3, 0.4) is 0 Å². The largest absolute Gasteiger partial charge is 0.494 e. The molecular weight excluding hydrogens is 539 g/mol. The molecule has 2 heterocycles. The fourth-order valence-corrected chi connectivity index (χ4v) is 8.74. The Balaban J connectivity index is 1.10. The van der Waals surface area contributed by atoms with Crippen LogP contribution in [0.25, 0.3) is 0 Å². The summed E-state index contributed by atoms with van der Waals surface area (Å²) in [6.45, 7) is 1.29. The second-order valence-electron chi connectivity index (χ2n) is 13.5. The average molecular weight is 581 g/mol. The summed E-state index contributed by atoms with van der Waals surface area (Å²) in [6, 6.07) is 30.7. The van der Waals surface area contributed by atoms with E-state index in [0.29, 0.717) is 19.8 Å². The summed E-state index contributed by atoms with van der Waals surface area (Å²) in [5, 5.41) is 0. The highest BCUT2D eigenvalue weighted by Gasteiger charge is 2.57. The molecule has 4 saturated carbocycles. The Morgan fingerprint density at radius 3 is 1.79 bits per heavy atom. The van der Waals surface area contributed by atoms with Crippen molar-refractivity contribution in [3.63, 3.8) is 0 Å². The molecule has 0 radical (unpaired) electrons. The van der Waals surface area contributed by atoms with E-state index in [4.69, 9.17) is 28.3 Å². The zero-order chi connectivity index (χ0) is 28.6. The third kappa shape index (κ3) is 5.96. The molecule has 6 fully saturated rings. The van der Waals surface area contributed by atoms with Crippen molar-refractivity contribution in [1.29, 1.82) is 0 Å². The van der Waals surface area contributed by atoms with Crippen LogP contribution in [0.5, 0.6) is 0 Å². The van der Waals surface area contributed by atoms with Crippen LogP contribution < -0.4 is 5.46 Å². The minimum Gasteiger partial charge on any atom is -0.404 e. The lowest BCUT2D eigenvalue weighted by Crippen LogP contribution is -2.68. The maximum absolute atomic E-state index is 7.20. The van der Waals surface area contributed by atoms with Crippen molar-refractivity contribution in [2.75, 3.05) is 6.61 Å². The predicted octanol–water partition coefficient (Wildman–Crippen LogP) is 5.68. The maximum Gasteiger partial charge on any atom is 0.494 e. The van der Waals surface area contributed by atoms with Gasteiger partial charge in [-0.05, 0) is 72.9 Å². The number of rotatable bonds is 9. The summed E-state index contributed by atoms with van der Waals surface area (Å²) < 4.78 is 40.6. The van der Waals surface area contributed by atoms with Gasteiger partial charge in [0.25, 0.3) is 0 Å². The lowest BCUT2D eigenvalue weighted by atomic mass is 9.54. The Labute approximate surface area is 255 Å². The monoisotopic (exact) mass is 580 g/mol. The smallest absolute Gasteiger partial charge is 0.404 e. The molecule has 0 amide bonds. The van der Waals surface area contributed by atoms with Gasteiger partial charge in [0.2, 0.25) is 0 Å². The van der Waals surface area contributed by atoms with Crippen molar-refractivity contribution in [2.45, 2.75) is 88.0 Å². The third-order valence-electron chi connectivity index (χ3n) is 10.3. The zero-order valence-electron chi connectivity index (χ0n) is 24.7. The highest BCUT2D eigenvalue weighted by molar-refractivity contribution is 6.61. The van der Waals surface area contributed by atoms with E-state index in [-0.39, 0.29) is 17.8 Å². The minimum atomic E-state index is -0.567. The van der Waals surface area contributed by atoms with E-state index in [0.717, 1.165) is 53.6 Å². The highest BCUT2D eigenvalue weighted by Crippen LogP contribution is 2.58. The molecule has 3 aromatic rings. The first kappa shape index (κ1) is 28.0. The molecule has 6 aliphatic rings. The van der Waals surface area contributed by atoms with E-state index in [1.807, 2.05) is 66.7 Å². The summed E-state index contributed by atoms with van der Waals surface area (Å²) in [6.07, 6.45) is 5.31. The summed E-state index contributed by atoms with van der Waals surface area (Å²) >= 11 is 0. The van der Waals surface area contributed by atoms with Crippen LogP contribution in [-0.2, 0) is 41.5 Å². The van der Waals surface area contributed by atoms with Gasteiger partial charge in [0.1, 0.15) is 24.4 Å². The van der Waals surface area contributed by atoms with Crippen molar-refractivity contribution in [3.8, 4) is 0 Å². The molecule has 0 unspecified atom stereocenters. The quantitative estimate of drug-likeness (QED) is 0.304. The van der Waals surface area contributed by atoms with Gasteiger partial charge in [0, 0.05) is 0 Å². The van der Waals surface area contributed by atoms with Crippen molar-refractivity contribution < 1.29 is 28.3 Å². The van der Waals surface area contributed by atoms with Crippen LogP contribution >= 0.6 is 0 Å². The number of fused-ring (bicyclic) bond motifs is 1. The van der Waals surface area contributed by atoms with Gasteiger partial charge >= 0.3 is 7.12 Å². The Hall–Kier alpha value is -2.52. The standard InChI is InChI=1S/C36H41BO6/c1-4-10-25(11-5-1)22-38-33-32-31(24-40-37(43-32)30-14-8-3-9-15-30)41-35(34(33)39-23-26-12-6-2-7-13-26)42-36-19-27-16-28(20-36)18-29(17-27)21-36/h1-15,27-29,31-35H,16-24H2/t27?,28?,29?,31-,32+,33+,34-,35-,36?/m1/s1. The Morgan fingerprint density at radius 2 is 1.21 bits per heavy atom. The van der Waals surface area contributed by atoms with Gasteiger partial charge in [-0.2, -0.15) is 0 Å². The maximum atomic E-state index is 7.20. The molecule has 2 saturated heterocycles. The third-order valence-corrected chi connectivity index (χ3v) is 10.3. The van der Waals surface area contributed by atoms with Gasteiger partial charge < -0.3 is 28.3 Å². The van der Waals surface area contributed by atoms with Crippen LogP contribution in [0, 0.1) is 17.8 Å². The SMILES string of the molecule is c1ccc(CO[C@H]2[C@H]3OB(c4ccccc4)OC[C@H]3O[C@H](OC34CC5CC(CC(C5)C3)C4)[C@@H]2OCc2ccccc2)cc1.